The summed E-state index contributed by atoms with van der Waals surface area (Å²) >= 11 is 10.3. The van der Waals surface area contributed by atoms with Crippen molar-refractivity contribution in [2.45, 2.75) is 19.2 Å². The van der Waals surface area contributed by atoms with Crippen LogP contribution in [-0.2, 0) is 12.3 Å². The summed E-state index contributed by atoms with van der Waals surface area (Å²) in [5.74, 6) is 0.764. The van der Waals surface area contributed by atoms with Crippen LogP contribution in [0.25, 0.3) is 10.9 Å². The fraction of sp³-hybridized carbons (Fsp3) is 0.273. The minimum atomic E-state index is 0.764. The molecule has 0 aliphatic heterocycles. The van der Waals surface area contributed by atoms with E-state index in [4.69, 9.17) is 11.6 Å². The van der Waals surface area contributed by atoms with Gasteiger partial charge in [-0.25, -0.2) is 0 Å². The minimum Gasteiger partial charge on any atom is -0.344 e. The van der Waals surface area contributed by atoms with E-state index < -0.39 is 0 Å². The fourth-order valence-corrected chi connectivity index (χ4v) is 2.22. The van der Waals surface area contributed by atoms with E-state index in [0.29, 0.717) is 0 Å². The van der Waals surface area contributed by atoms with E-state index in [1.807, 2.05) is 12.1 Å². The maximum absolute atomic E-state index is 5.97. The van der Waals surface area contributed by atoms with E-state index in [2.05, 4.69) is 36.3 Å². The van der Waals surface area contributed by atoms with Gasteiger partial charge >= 0.3 is 0 Å². The highest BCUT2D eigenvalue weighted by Crippen LogP contribution is 2.24. The van der Waals surface area contributed by atoms with Crippen molar-refractivity contribution in [1.29, 1.82) is 0 Å². The van der Waals surface area contributed by atoms with Crippen LogP contribution in [0.15, 0.2) is 24.3 Å². The highest BCUT2D eigenvalue weighted by Gasteiger charge is 2.05. The predicted molar refractivity (Wildman–Crippen MR) is 65.3 cm³/mol. The van der Waals surface area contributed by atoms with Crippen LogP contribution in [-0.4, -0.2) is 4.57 Å². The molecule has 1 aromatic carbocycles. The third kappa shape index (κ3) is 1.53. The smallest absolute Gasteiger partial charge is 0.0497 e. The van der Waals surface area contributed by atoms with Crippen LogP contribution in [0.1, 0.15) is 12.6 Å². The summed E-state index contributed by atoms with van der Waals surface area (Å²) in [6.07, 6.45) is 0. The Balaban J connectivity index is 2.74. The lowest BCUT2D eigenvalue weighted by Gasteiger charge is -2.05. The average Bonchev–Trinajstić information content (AvgIpc) is 2.54. The van der Waals surface area contributed by atoms with Gasteiger partial charge in [-0.2, -0.15) is 12.6 Å². The first kappa shape index (κ1) is 9.94. The number of fused-ring (bicyclic) bond motifs is 1. The number of thiol groups is 1. The molecule has 0 aliphatic rings. The molecular weight excluding hydrogens is 214 g/mol. The maximum Gasteiger partial charge on any atom is 0.0497 e. The van der Waals surface area contributed by atoms with Gasteiger partial charge in [0.15, 0.2) is 0 Å². The number of rotatable bonds is 2. The van der Waals surface area contributed by atoms with Crippen molar-refractivity contribution in [3.8, 4) is 0 Å². The van der Waals surface area contributed by atoms with Gasteiger partial charge in [0.1, 0.15) is 0 Å². The highest BCUT2D eigenvalue weighted by atomic mass is 35.5. The second-order valence-corrected chi connectivity index (χ2v) is 3.99. The minimum absolute atomic E-state index is 0.764. The van der Waals surface area contributed by atoms with Crippen LogP contribution in [0.3, 0.4) is 0 Å². The number of hydrogen-bond donors (Lipinski definition) is 1. The molecule has 0 radical (unpaired) electrons. The van der Waals surface area contributed by atoms with Crippen molar-refractivity contribution in [3.63, 3.8) is 0 Å². The van der Waals surface area contributed by atoms with Crippen molar-refractivity contribution in [1.82, 2.24) is 4.57 Å². The van der Waals surface area contributed by atoms with Crippen LogP contribution in [0.4, 0.5) is 0 Å². The van der Waals surface area contributed by atoms with Gasteiger partial charge in [0.25, 0.3) is 0 Å². The lowest BCUT2D eigenvalue weighted by atomic mass is 10.2. The van der Waals surface area contributed by atoms with E-state index in [-0.39, 0.29) is 0 Å². The molecule has 0 amide bonds. The molecule has 0 spiro atoms. The van der Waals surface area contributed by atoms with Crippen molar-refractivity contribution in [3.05, 3.63) is 35.0 Å². The van der Waals surface area contributed by atoms with E-state index >= 15 is 0 Å². The molecule has 0 unspecified atom stereocenters. The molecule has 1 nitrogen and oxygen atoms in total. The van der Waals surface area contributed by atoms with Crippen LogP contribution in [0.5, 0.6) is 0 Å². The first-order chi connectivity index (χ1) is 6.76. The molecule has 2 aromatic rings. The van der Waals surface area contributed by atoms with Gasteiger partial charge in [-0.1, -0.05) is 17.7 Å². The summed E-state index contributed by atoms with van der Waals surface area (Å²) in [6, 6.07) is 8.15. The Hall–Kier alpha value is -0.600. The Labute approximate surface area is 94.1 Å². The van der Waals surface area contributed by atoms with Crippen LogP contribution < -0.4 is 0 Å². The molecule has 0 saturated carbocycles. The summed E-state index contributed by atoms with van der Waals surface area (Å²) in [4.78, 5) is 0. The average molecular weight is 226 g/mol. The number of hydrogen-bond acceptors (Lipinski definition) is 1. The second kappa shape index (κ2) is 3.87. The van der Waals surface area contributed by atoms with Gasteiger partial charge in [-0.05, 0) is 30.5 Å². The molecule has 1 aromatic heterocycles. The molecular formula is C11H12ClNS. The zero-order valence-corrected chi connectivity index (χ0v) is 9.65. The molecule has 0 bridgehead atoms. The normalized spacial score (nSPS) is 11.1. The molecule has 0 aliphatic carbocycles. The molecule has 1 heterocycles. The maximum atomic E-state index is 5.97. The summed E-state index contributed by atoms with van der Waals surface area (Å²) in [7, 11) is 0. The van der Waals surface area contributed by atoms with Crippen LogP contribution in [0, 0.1) is 0 Å². The third-order valence-electron chi connectivity index (χ3n) is 2.43. The van der Waals surface area contributed by atoms with Crippen molar-refractivity contribution in [2.24, 2.45) is 0 Å². The Morgan fingerprint density at radius 3 is 2.79 bits per heavy atom. The molecule has 0 N–H and O–H groups in total. The zero-order chi connectivity index (χ0) is 10.1. The first-order valence-electron chi connectivity index (χ1n) is 4.64. The van der Waals surface area contributed by atoms with Crippen LogP contribution in [0.2, 0.25) is 5.02 Å². The molecule has 3 heteroatoms. The summed E-state index contributed by atoms with van der Waals surface area (Å²) in [5, 5.41) is 2.02. The number of nitrogens with zero attached hydrogens (tertiary/aromatic N) is 1. The molecule has 74 valence electrons. The second-order valence-electron chi connectivity index (χ2n) is 3.24. The van der Waals surface area contributed by atoms with E-state index in [1.165, 1.54) is 16.6 Å². The van der Waals surface area contributed by atoms with Gasteiger partial charge in [0.05, 0.1) is 0 Å². The molecule has 14 heavy (non-hydrogen) atoms. The Morgan fingerprint density at radius 2 is 2.14 bits per heavy atom. The predicted octanol–water partition coefficient (Wildman–Crippen LogP) is 3.74. The zero-order valence-electron chi connectivity index (χ0n) is 8.00. The van der Waals surface area contributed by atoms with Gasteiger partial charge in [-0.15, -0.1) is 0 Å². The largest absolute Gasteiger partial charge is 0.344 e. The summed E-state index contributed by atoms with van der Waals surface area (Å²) in [5.41, 5.74) is 2.44. The topological polar surface area (TPSA) is 4.93 Å². The van der Waals surface area contributed by atoms with Crippen molar-refractivity contribution < 1.29 is 0 Å². The third-order valence-corrected chi connectivity index (χ3v) is 2.99. The SMILES string of the molecule is CCn1c(CS)cc2ccc(Cl)cc21. The summed E-state index contributed by atoms with van der Waals surface area (Å²) in [6.45, 7) is 3.09. The van der Waals surface area contributed by atoms with Crippen LogP contribution >= 0.6 is 24.2 Å². The van der Waals surface area contributed by atoms with Crippen molar-refractivity contribution in [2.75, 3.05) is 0 Å². The van der Waals surface area contributed by atoms with E-state index in [0.717, 1.165) is 17.3 Å². The lowest BCUT2D eigenvalue weighted by molar-refractivity contribution is 0.766. The number of benzene rings is 1. The number of aromatic nitrogens is 1. The number of halogens is 1. The molecule has 0 saturated heterocycles. The molecule has 0 fully saturated rings. The van der Waals surface area contributed by atoms with Gasteiger partial charge < -0.3 is 4.57 Å². The van der Waals surface area contributed by atoms with Crippen molar-refractivity contribution >= 4 is 35.1 Å². The number of aryl methyl sites for hydroxylation is 1. The van der Waals surface area contributed by atoms with Gasteiger partial charge in [0, 0.05) is 28.5 Å². The monoisotopic (exact) mass is 225 g/mol. The highest BCUT2D eigenvalue weighted by molar-refractivity contribution is 7.79. The van der Waals surface area contributed by atoms with Gasteiger partial charge in [0.2, 0.25) is 0 Å². The molecule has 2 rings (SSSR count). The molecule has 0 atom stereocenters. The Morgan fingerprint density at radius 1 is 1.36 bits per heavy atom. The van der Waals surface area contributed by atoms with E-state index in [9.17, 15) is 0 Å². The fourth-order valence-electron chi connectivity index (χ4n) is 1.79. The standard InChI is InChI=1S/C11H12ClNS/c1-2-13-10(7-14)5-8-3-4-9(12)6-11(8)13/h3-6,14H,2,7H2,1H3. The Kier molecular flexibility index (Phi) is 2.75. The van der Waals surface area contributed by atoms with E-state index in [1.54, 1.807) is 0 Å². The quantitative estimate of drug-likeness (QED) is 0.743. The lowest BCUT2D eigenvalue weighted by Crippen LogP contribution is -1.97. The Bertz CT molecular complexity index is 462. The van der Waals surface area contributed by atoms with Gasteiger partial charge in [-0.3, -0.25) is 0 Å². The summed E-state index contributed by atoms with van der Waals surface area (Å²) < 4.78 is 2.24. The first-order valence-corrected chi connectivity index (χ1v) is 5.66.